The Morgan fingerprint density at radius 2 is 1.81 bits per heavy atom. The highest BCUT2D eigenvalue weighted by molar-refractivity contribution is 5.78. The Morgan fingerprint density at radius 3 is 2.53 bits per heavy atom. The first-order valence-corrected chi connectivity index (χ1v) is 11.3. The first kappa shape index (κ1) is 24.2. The quantitative estimate of drug-likeness (QED) is 0.632. The van der Waals surface area contributed by atoms with E-state index in [-0.39, 0.29) is 29.6 Å². The smallest absolute Gasteiger partial charge is 0.234 e. The minimum absolute atomic E-state index is 0.0263. The molecule has 1 heterocycles. The number of hydrogen-bond acceptors (Lipinski definition) is 4. The van der Waals surface area contributed by atoms with Gasteiger partial charge in [-0.25, -0.2) is 4.39 Å². The topological polar surface area (TPSA) is 50.8 Å². The molecule has 1 N–H and O–H groups in total. The zero-order valence-corrected chi connectivity index (χ0v) is 19.4. The molecular weight excluding hydrogens is 407 g/mol. The molecule has 32 heavy (non-hydrogen) atoms. The van der Waals surface area contributed by atoms with E-state index in [0.717, 1.165) is 38.8 Å². The number of benzene rings is 2. The molecule has 2 aromatic rings. The van der Waals surface area contributed by atoms with Crippen molar-refractivity contribution in [2.45, 2.75) is 50.7 Å². The van der Waals surface area contributed by atoms with E-state index in [1.165, 1.54) is 11.6 Å². The minimum atomic E-state index is -0.486. The second-order valence-corrected chi connectivity index (χ2v) is 9.33. The molecule has 0 spiro atoms. The number of amides is 1. The van der Waals surface area contributed by atoms with E-state index in [4.69, 9.17) is 9.47 Å². The largest absolute Gasteiger partial charge is 0.488 e. The first-order chi connectivity index (χ1) is 15.3. The summed E-state index contributed by atoms with van der Waals surface area (Å²) in [5, 5.41) is 3.18. The van der Waals surface area contributed by atoms with E-state index < -0.39 is 5.60 Å². The van der Waals surface area contributed by atoms with Crippen LogP contribution in [-0.4, -0.2) is 55.3 Å². The lowest BCUT2D eigenvalue weighted by Crippen LogP contribution is -2.49. The highest BCUT2D eigenvalue weighted by atomic mass is 19.1. The summed E-state index contributed by atoms with van der Waals surface area (Å²) < 4.78 is 25.5. The van der Waals surface area contributed by atoms with Crippen LogP contribution in [0.25, 0.3) is 0 Å². The molecule has 174 valence electrons. The van der Waals surface area contributed by atoms with Crippen LogP contribution in [0.15, 0.2) is 54.6 Å². The fourth-order valence-electron chi connectivity index (χ4n) is 4.33. The van der Waals surface area contributed by atoms with Crippen molar-refractivity contribution in [3.63, 3.8) is 0 Å². The van der Waals surface area contributed by atoms with Gasteiger partial charge in [-0.1, -0.05) is 42.5 Å². The van der Waals surface area contributed by atoms with Crippen molar-refractivity contribution in [2.75, 3.05) is 33.4 Å². The first-order valence-electron chi connectivity index (χ1n) is 11.3. The Labute approximate surface area is 190 Å². The highest BCUT2D eigenvalue weighted by Crippen LogP contribution is 2.28. The normalized spacial score (nSPS) is 19.9. The van der Waals surface area contributed by atoms with Crippen LogP contribution in [0.3, 0.4) is 0 Å². The summed E-state index contributed by atoms with van der Waals surface area (Å²) in [6.07, 6.45) is 3.18. The molecule has 1 fully saturated rings. The number of methoxy groups -OCH3 is 1. The number of nitrogens with one attached hydrogen (secondary N) is 1. The van der Waals surface area contributed by atoms with Gasteiger partial charge in [-0.2, -0.15) is 0 Å². The average Bonchev–Trinajstić information content (AvgIpc) is 2.96. The maximum atomic E-state index is 13.9. The predicted molar refractivity (Wildman–Crippen MR) is 124 cm³/mol. The fourth-order valence-corrected chi connectivity index (χ4v) is 4.33. The van der Waals surface area contributed by atoms with Crippen LogP contribution < -0.4 is 10.1 Å². The van der Waals surface area contributed by atoms with Gasteiger partial charge in [-0.15, -0.1) is 0 Å². The minimum Gasteiger partial charge on any atom is -0.488 e. The molecule has 0 aromatic heterocycles. The Morgan fingerprint density at radius 1 is 1.09 bits per heavy atom. The van der Waals surface area contributed by atoms with Crippen molar-refractivity contribution >= 4 is 5.91 Å². The van der Waals surface area contributed by atoms with Crippen LogP contribution in [-0.2, 0) is 16.0 Å². The molecule has 1 saturated heterocycles. The van der Waals surface area contributed by atoms with Gasteiger partial charge in [0.2, 0.25) is 5.91 Å². The molecule has 1 atom stereocenters. The molecule has 3 rings (SSSR count). The lowest BCUT2D eigenvalue weighted by molar-refractivity contribution is -0.124. The van der Waals surface area contributed by atoms with E-state index in [9.17, 15) is 9.18 Å². The Bertz CT molecular complexity index is 874. The molecule has 1 amide bonds. The number of halogens is 1. The SMILES string of the molecule is CO[C@]1(COc2ccccc2F)CCCN(CC(=O)NC(C)(C)Cc2ccccc2)CC1. The Hall–Kier alpha value is -2.44. The summed E-state index contributed by atoms with van der Waals surface area (Å²) in [7, 11) is 1.68. The average molecular weight is 443 g/mol. The Balaban J connectivity index is 1.51. The third kappa shape index (κ3) is 7.04. The van der Waals surface area contributed by atoms with Gasteiger partial charge >= 0.3 is 0 Å². The number of carbonyl (C=O) groups is 1. The molecule has 2 aromatic carbocycles. The van der Waals surface area contributed by atoms with Crippen molar-refractivity contribution < 1.29 is 18.7 Å². The van der Waals surface area contributed by atoms with Gasteiger partial charge in [0, 0.05) is 19.2 Å². The van der Waals surface area contributed by atoms with Gasteiger partial charge < -0.3 is 14.8 Å². The lowest BCUT2D eigenvalue weighted by Gasteiger charge is -2.31. The van der Waals surface area contributed by atoms with Crippen LogP contribution >= 0.6 is 0 Å². The molecule has 0 radical (unpaired) electrons. The molecule has 0 saturated carbocycles. The molecule has 0 bridgehead atoms. The summed E-state index contributed by atoms with van der Waals surface area (Å²) in [6, 6.07) is 16.6. The van der Waals surface area contributed by atoms with Gasteiger partial charge in [-0.3, -0.25) is 9.69 Å². The zero-order valence-electron chi connectivity index (χ0n) is 19.4. The van der Waals surface area contributed by atoms with Gasteiger partial charge in [-0.05, 0) is 63.8 Å². The number of nitrogens with zero attached hydrogens (tertiary/aromatic N) is 1. The van der Waals surface area contributed by atoms with Crippen molar-refractivity contribution in [1.82, 2.24) is 10.2 Å². The van der Waals surface area contributed by atoms with E-state index in [2.05, 4.69) is 36.2 Å². The zero-order chi connectivity index (χ0) is 23.0. The maximum Gasteiger partial charge on any atom is 0.234 e. The number of ether oxygens (including phenoxy) is 2. The van der Waals surface area contributed by atoms with E-state index in [1.54, 1.807) is 25.3 Å². The third-order valence-electron chi connectivity index (χ3n) is 6.08. The van der Waals surface area contributed by atoms with Crippen LogP contribution in [0.5, 0.6) is 5.75 Å². The van der Waals surface area contributed by atoms with Crippen molar-refractivity contribution in [3.05, 3.63) is 66.0 Å². The van der Waals surface area contributed by atoms with E-state index in [0.29, 0.717) is 6.54 Å². The number of para-hydroxylation sites is 1. The van der Waals surface area contributed by atoms with Gasteiger partial charge in [0.25, 0.3) is 0 Å². The Kier molecular flexibility index (Phi) is 8.26. The molecular formula is C26H35FN2O3. The number of hydrogen-bond donors (Lipinski definition) is 1. The van der Waals surface area contributed by atoms with Crippen LogP contribution in [0.4, 0.5) is 4.39 Å². The highest BCUT2D eigenvalue weighted by Gasteiger charge is 2.34. The van der Waals surface area contributed by atoms with Gasteiger partial charge in [0.05, 0.1) is 6.54 Å². The summed E-state index contributed by atoms with van der Waals surface area (Å²) in [4.78, 5) is 14.9. The number of carbonyl (C=O) groups excluding carboxylic acids is 1. The molecule has 0 aliphatic carbocycles. The number of rotatable bonds is 9. The van der Waals surface area contributed by atoms with Crippen molar-refractivity contribution in [2.24, 2.45) is 0 Å². The second-order valence-electron chi connectivity index (χ2n) is 9.33. The summed E-state index contributed by atoms with van der Waals surface area (Å²) in [6.45, 7) is 6.28. The lowest BCUT2D eigenvalue weighted by atomic mass is 9.95. The summed E-state index contributed by atoms with van der Waals surface area (Å²) >= 11 is 0. The maximum absolute atomic E-state index is 13.9. The molecule has 0 unspecified atom stereocenters. The van der Waals surface area contributed by atoms with Crippen molar-refractivity contribution in [3.8, 4) is 5.75 Å². The molecule has 1 aliphatic rings. The molecule has 1 aliphatic heterocycles. The van der Waals surface area contributed by atoms with Crippen molar-refractivity contribution in [1.29, 1.82) is 0 Å². The fraction of sp³-hybridized carbons (Fsp3) is 0.500. The van der Waals surface area contributed by atoms with E-state index in [1.807, 2.05) is 18.2 Å². The summed E-state index contributed by atoms with van der Waals surface area (Å²) in [5.74, 6) is -0.104. The van der Waals surface area contributed by atoms with Crippen LogP contribution in [0, 0.1) is 5.82 Å². The molecule has 6 heteroatoms. The predicted octanol–water partition coefficient (Wildman–Crippen LogP) is 4.21. The van der Waals surface area contributed by atoms with E-state index >= 15 is 0 Å². The van der Waals surface area contributed by atoms with Crippen LogP contribution in [0.1, 0.15) is 38.7 Å². The molecule has 5 nitrogen and oxygen atoms in total. The monoisotopic (exact) mass is 442 g/mol. The second kappa shape index (κ2) is 10.9. The van der Waals surface area contributed by atoms with Gasteiger partial charge in [0.1, 0.15) is 12.2 Å². The standard InChI is InChI=1S/C26H35FN2O3/c1-25(2,18-21-10-5-4-6-11-21)28-24(30)19-29-16-9-14-26(31-3,15-17-29)20-32-23-13-8-7-12-22(23)27/h4-8,10-13H,9,14-20H2,1-3H3,(H,28,30)/t26-/m1/s1. The third-order valence-corrected chi connectivity index (χ3v) is 6.08. The van der Waals surface area contributed by atoms with Gasteiger partial charge in [0.15, 0.2) is 11.6 Å². The number of likely N-dealkylation sites (tertiary alicyclic amines) is 1. The van der Waals surface area contributed by atoms with Crippen LogP contribution in [0.2, 0.25) is 0 Å². The summed E-state index contributed by atoms with van der Waals surface area (Å²) in [5.41, 5.74) is 0.390.